The Morgan fingerprint density at radius 2 is 1.96 bits per heavy atom. The van der Waals surface area contributed by atoms with Gasteiger partial charge in [0, 0.05) is 23.7 Å². The fraction of sp³-hybridized carbons (Fsp3) is 0.286. The smallest absolute Gasteiger partial charge is 0.247 e. The van der Waals surface area contributed by atoms with Crippen molar-refractivity contribution >= 4 is 23.6 Å². The van der Waals surface area contributed by atoms with Crippen LogP contribution in [-0.2, 0) is 11.3 Å². The van der Waals surface area contributed by atoms with Gasteiger partial charge in [-0.3, -0.25) is 4.79 Å². The van der Waals surface area contributed by atoms with Gasteiger partial charge in [0.25, 0.3) is 0 Å². The SMILES string of the molecule is COc1ccc(CN(C(=O)/C=C/c2ccc(C)c(Cl)c2)C2CC2)cc1. The molecule has 1 aliphatic rings. The Morgan fingerprint density at radius 1 is 1.24 bits per heavy atom. The topological polar surface area (TPSA) is 29.5 Å². The van der Waals surface area contributed by atoms with Gasteiger partial charge in [0.2, 0.25) is 5.91 Å². The van der Waals surface area contributed by atoms with E-state index in [-0.39, 0.29) is 5.91 Å². The van der Waals surface area contributed by atoms with Gasteiger partial charge in [-0.1, -0.05) is 35.9 Å². The molecule has 1 aliphatic carbocycles. The van der Waals surface area contributed by atoms with Crippen molar-refractivity contribution in [3.63, 3.8) is 0 Å². The average molecular weight is 356 g/mol. The second-order valence-electron chi connectivity index (χ2n) is 6.39. The fourth-order valence-electron chi connectivity index (χ4n) is 2.68. The standard InChI is InChI=1S/C21H22ClNO2/c1-15-3-4-16(13-20(15)22)7-12-21(24)23(18-8-9-18)14-17-5-10-19(25-2)11-6-17/h3-7,10-13,18H,8-9,14H2,1-2H3/b12-7+. The summed E-state index contributed by atoms with van der Waals surface area (Å²) < 4.78 is 5.18. The zero-order chi connectivity index (χ0) is 17.8. The summed E-state index contributed by atoms with van der Waals surface area (Å²) in [5.74, 6) is 0.860. The maximum absolute atomic E-state index is 12.7. The van der Waals surface area contributed by atoms with Crippen LogP contribution in [0.25, 0.3) is 6.08 Å². The highest BCUT2D eigenvalue weighted by Gasteiger charge is 2.31. The summed E-state index contributed by atoms with van der Waals surface area (Å²) in [7, 11) is 1.65. The van der Waals surface area contributed by atoms with Crippen molar-refractivity contribution in [1.82, 2.24) is 4.90 Å². The van der Waals surface area contributed by atoms with Gasteiger partial charge >= 0.3 is 0 Å². The first-order chi connectivity index (χ1) is 12.1. The Labute approximate surface area is 153 Å². The largest absolute Gasteiger partial charge is 0.497 e. The third-order valence-electron chi connectivity index (χ3n) is 4.40. The summed E-state index contributed by atoms with van der Waals surface area (Å²) in [6.45, 7) is 2.58. The van der Waals surface area contributed by atoms with Gasteiger partial charge < -0.3 is 9.64 Å². The van der Waals surface area contributed by atoms with Crippen LogP contribution in [0, 0.1) is 6.92 Å². The molecule has 4 heteroatoms. The number of amides is 1. The minimum Gasteiger partial charge on any atom is -0.497 e. The van der Waals surface area contributed by atoms with E-state index in [0.717, 1.165) is 35.3 Å². The van der Waals surface area contributed by atoms with E-state index in [1.165, 1.54) is 0 Å². The van der Waals surface area contributed by atoms with Gasteiger partial charge in [-0.25, -0.2) is 0 Å². The van der Waals surface area contributed by atoms with Gasteiger partial charge in [0.15, 0.2) is 0 Å². The van der Waals surface area contributed by atoms with Crippen LogP contribution < -0.4 is 4.74 Å². The van der Waals surface area contributed by atoms with Crippen LogP contribution in [0.3, 0.4) is 0 Å². The minimum absolute atomic E-state index is 0.0371. The zero-order valence-corrected chi connectivity index (χ0v) is 15.3. The number of aryl methyl sites for hydroxylation is 1. The lowest BCUT2D eigenvalue weighted by molar-refractivity contribution is -0.127. The summed E-state index contributed by atoms with van der Waals surface area (Å²) in [5.41, 5.74) is 3.07. The predicted molar refractivity (Wildman–Crippen MR) is 102 cm³/mol. The molecule has 1 saturated carbocycles. The van der Waals surface area contributed by atoms with Crippen LogP contribution in [0.2, 0.25) is 5.02 Å². The van der Waals surface area contributed by atoms with E-state index in [1.54, 1.807) is 13.2 Å². The number of hydrogen-bond donors (Lipinski definition) is 0. The van der Waals surface area contributed by atoms with Crippen molar-refractivity contribution in [2.24, 2.45) is 0 Å². The van der Waals surface area contributed by atoms with Crippen LogP contribution in [0.1, 0.15) is 29.5 Å². The van der Waals surface area contributed by atoms with E-state index in [1.807, 2.05) is 60.4 Å². The summed E-state index contributed by atoms with van der Waals surface area (Å²) in [6.07, 6.45) is 5.62. The molecule has 2 aromatic carbocycles. The Kier molecular flexibility index (Phi) is 5.44. The summed E-state index contributed by atoms with van der Waals surface area (Å²) >= 11 is 6.14. The third kappa shape index (κ3) is 4.64. The molecule has 0 radical (unpaired) electrons. The Morgan fingerprint density at radius 3 is 2.56 bits per heavy atom. The van der Waals surface area contributed by atoms with Crippen molar-refractivity contribution < 1.29 is 9.53 Å². The van der Waals surface area contributed by atoms with Crippen molar-refractivity contribution in [1.29, 1.82) is 0 Å². The van der Waals surface area contributed by atoms with Crippen LogP contribution >= 0.6 is 11.6 Å². The Bertz CT molecular complexity index is 779. The molecule has 0 unspecified atom stereocenters. The van der Waals surface area contributed by atoms with E-state index >= 15 is 0 Å². The number of carbonyl (C=O) groups is 1. The van der Waals surface area contributed by atoms with E-state index < -0.39 is 0 Å². The molecule has 3 nitrogen and oxygen atoms in total. The maximum atomic E-state index is 12.7. The second kappa shape index (κ2) is 7.75. The summed E-state index contributed by atoms with van der Waals surface area (Å²) in [4.78, 5) is 14.6. The van der Waals surface area contributed by atoms with Crippen LogP contribution in [0.4, 0.5) is 0 Å². The summed E-state index contributed by atoms with van der Waals surface area (Å²) in [5, 5.41) is 0.715. The van der Waals surface area contributed by atoms with Crippen LogP contribution in [0.15, 0.2) is 48.5 Å². The molecule has 0 saturated heterocycles. The molecule has 0 bridgehead atoms. The lowest BCUT2D eigenvalue weighted by Gasteiger charge is -2.21. The van der Waals surface area contributed by atoms with Crippen molar-refractivity contribution in [3.8, 4) is 5.75 Å². The van der Waals surface area contributed by atoms with Crippen molar-refractivity contribution in [2.45, 2.75) is 32.4 Å². The van der Waals surface area contributed by atoms with E-state index in [4.69, 9.17) is 16.3 Å². The highest BCUT2D eigenvalue weighted by Crippen LogP contribution is 2.29. The molecule has 25 heavy (non-hydrogen) atoms. The lowest BCUT2D eigenvalue weighted by Crippen LogP contribution is -2.31. The molecule has 3 rings (SSSR count). The van der Waals surface area contributed by atoms with E-state index in [9.17, 15) is 4.79 Å². The highest BCUT2D eigenvalue weighted by atomic mass is 35.5. The summed E-state index contributed by atoms with van der Waals surface area (Å²) in [6, 6.07) is 14.0. The van der Waals surface area contributed by atoms with E-state index in [0.29, 0.717) is 17.6 Å². The molecular weight excluding hydrogens is 334 g/mol. The highest BCUT2D eigenvalue weighted by molar-refractivity contribution is 6.31. The fourth-order valence-corrected chi connectivity index (χ4v) is 2.87. The number of nitrogens with zero attached hydrogens (tertiary/aromatic N) is 1. The zero-order valence-electron chi connectivity index (χ0n) is 14.5. The van der Waals surface area contributed by atoms with Gasteiger partial charge in [-0.2, -0.15) is 0 Å². The number of halogens is 1. The molecule has 0 N–H and O–H groups in total. The molecule has 0 heterocycles. The Hall–Kier alpha value is -2.26. The number of carbonyl (C=O) groups excluding carboxylic acids is 1. The lowest BCUT2D eigenvalue weighted by atomic mass is 10.1. The van der Waals surface area contributed by atoms with Crippen LogP contribution in [-0.4, -0.2) is 24.0 Å². The molecule has 1 fully saturated rings. The first-order valence-corrected chi connectivity index (χ1v) is 8.82. The minimum atomic E-state index is 0.0371. The first-order valence-electron chi connectivity index (χ1n) is 8.44. The molecule has 130 valence electrons. The van der Waals surface area contributed by atoms with Crippen LogP contribution in [0.5, 0.6) is 5.75 Å². The first kappa shape index (κ1) is 17.6. The number of benzene rings is 2. The molecule has 0 spiro atoms. The van der Waals surface area contributed by atoms with Crippen molar-refractivity contribution in [3.05, 3.63) is 70.3 Å². The van der Waals surface area contributed by atoms with Gasteiger partial charge in [0.1, 0.15) is 5.75 Å². The van der Waals surface area contributed by atoms with E-state index in [2.05, 4.69) is 0 Å². The predicted octanol–water partition coefficient (Wildman–Crippen LogP) is 4.86. The number of ether oxygens (including phenoxy) is 1. The molecule has 2 aromatic rings. The second-order valence-corrected chi connectivity index (χ2v) is 6.79. The quantitative estimate of drug-likeness (QED) is 0.692. The van der Waals surface area contributed by atoms with Gasteiger partial charge in [-0.15, -0.1) is 0 Å². The number of rotatable bonds is 6. The third-order valence-corrected chi connectivity index (χ3v) is 4.80. The molecule has 1 amide bonds. The Balaban J connectivity index is 1.70. The molecule has 0 atom stereocenters. The monoisotopic (exact) mass is 355 g/mol. The molecular formula is C21H22ClNO2. The van der Waals surface area contributed by atoms with Gasteiger partial charge in [0.05, 0.1) is 7.11 Å². The number of methoxy groups -OCH3 is 1. The maximum Gasteiger partial charge on any atom is 0.247 e. The normalized spacial score (nSPS) is 13.9. The van der Waals surface area contributed by atoms with Gasteiger partial charge in [-0.05, 0) is 60.7 Å². The average Bonchev–Trinajstić information content (AvgIpc) is 3.46. The molecule has 0 aromatic heterocycles. The van der Waals surface area contributed by atoms with Crippen molar-refractivity contribution in [2.75, 3.05) is 7.11 Å². The number of hydrogen-bond acceptors (Lipinski definition) is 2. The molecule has 0 aliphatic heterocycles.